The number of rotatable bonds is 3. The van der Waals surface area contributed by atoms with Gasteiger partial charge in [0.1, 0.15) is 4.88 Å². The first-order chi connectivity index (χ1) is 8.00. The van der Waals surface area contributed by atoms with Crippen molar-refractivity contribution in [2.45, 2.75) is 18.1 Å². The molecule has 1 saturated heterocycles. The van der Waals surface area contributed by atoms with Gasteiger partial charge in [0.25, 0.3) is 5.91 Å². The van der Waals surface area contributed by atoms with Crippen LogP contribution in [0, 0.1) is 0 Å². The van der Waals surface area contributed by atoms with Crippen LogP contribution in [0.4, 0.5) is 0 Å². The molecule has 4 nitrogen and oxygen atoms in total. The Morgan fingerprint density at radius 1 is 1.59 bits per heavy atom. The molecule has 1 amide bonds. The highest BCUT2D eigenvalue weighted by molar-refractivity contribution is 9.10. The third kappa shape index (κ3) is 2.89. The van der Waals surface area contributed by atoms with Crippen LogP contribution in [0.25, 0.3) is 0 Å². The molecule has 1 aliphatic heterocycles. The SMILES string of the molecule is O=C(NCC1CCCS1(=O)=O)c1sccc1Br. The van der Waals surface area contributed by atoms with Gasteiger partial charge in [-0.1, -0.05) is 0 Å². The molecule has 1 N–H and O–H groups in total. The molecule has 0 aliphatic carbocycles. The zero-order chi connectivity index (χ0) is 12.5. The van der Waals surface area contributed by atoms with Crippen molar-refractivity contribution in [2.75, 3.05) is 12.3 Å². The normalized spacial score (nSPS) is 22.5. The predicted octanol–water partition coefficient (Wildman–Crippen LogP) is 1.82. The fourth-order valence-electron chi connectivity index (χ4n) is 1.83. The summed E-state index contributed by atoms with van der Waals surface area (Å²) in [5.41, 5.74) is 0. The summed E-state index contributed by atoms with van der Waals surface area (Å²) in [5.74, 6) is 0.0324. The number of hydrogen-bond acceptors (Lipinski definition) is 4. The fourth-order valence-corrected chi connectivity index (χ4v) is 5.06. The molecule has 1 aromatic heterocycles. The lowest BCUT2D eigenvalue weighted by molar-refractivity contribution is 0.0957. The van der Waals surface area contributed by atoms with Gasteiger partial charge in [-0.2, -0.15) is 0 Å². The van der Waals surface area contributed by atoms with Gasteiger partial charge in [-0.25, -0.2) is 8.42 Å². The molecule has 1 aliphatic rings. The van der Waals surface area contributed by atoms with Gasteiger partial charge in [0.2, 0.25) is 0 Å². The average molecular weight is 338 g/mol. The summed E-state index contributed by atoms with van der Waals surface area (Å²) < 4.78 is 23.9. The van der Waals surface area contributed by atoms with Crippen molar-refractivity contribution >= 4 is 43.0 Å². The number of carbonyl (C=O) groups is 1. The molecule has 7 heteroatoms. The second-order valence-electron chi connectivity index (χ2n) is 3.94. The van der Waals surface area contributed by atoms with E-state index in [1.807, 2.05) is 5.38 Å². The van der Waals surface area contributed by atoms with Crippen molar-refractivity contribution < 1.29 is 13.2 Å². The van der Waals surface area contributed by atoms with Gasteiger partial charge in [-0.3, -0.25) is 4.79 Å². The number of thiophene rings is 1. The van der Waals surface area contributed by atoms with E-state index in [4.69, 9.17) is 0 Å². The molecule has 0 spiro atoms. The van der Waals surface area contributed by atoms with Crippen LogP contribution in [0.1, 0.15) is 22.5 Å². The summed E-state index contributed by atoms with van der Waals surface area (Å²) in [4.78, 5) is 12.4. The van der Waals surface area contributed by atoms with Crippen molar-refractivity contribution in [1.82, 2.24) is 5.32 Å². The van der Waals surface area contributed by atoms with Gasteiger partial charge < -0.3 is 5.32 Å². The molecule has 2 heterocycles. The number of carbonyl (C=O) groups excluding carboxylic acids is 1. The van der Waals surface area contributed by atoms with Gasteiger partial charge in [0.05, 0.1) is 11.0 Å². The van der Waals surface area contributed by atoms with Gasteiger partial charge in [0, 0.05) is 11.0 Å². The van der Waals surface area contributed by atoms with Gasteiger partial charge in [-0.15, -0.1) is 11.3 Å². The van der Waals surface area contributed by atoms with Crippen LogP contribution in [0.2, 0.25) is 0 Å². The van der Waals surface area contributed by atoms with E-state index >= 15 is 0 Å². The van der Waals surface area contributed by atoms with E-state index < -0.39 is 15.1 Å². The summed E-state index contributed by atoms with van der Waals surface area (Å²) in [6.45, 7) is 0.214. The monoisotopic (exact) mass is 337 g/mol. The van der Waals surface area contributed by atoms with E-state index in [0.717, 1.165) is 4.47 Å². The van der Waals surface area contributed by atoms with Crippen LogP contribution in [0.3, 0.4) is 0 Å². The molecule has 1 unspecified atom stereocenters. The Balaban J connectivity index is 1.96. The maximum atomic E-state index is 11.8. The van der Waals surface area contributed by atoms with E-state index in [0.29, 0.717) is 17.7 Å². The first kappa shape index (κ1) is 13.0. The van der Waals surface area contributed by atoms with Crippen LogP contribution in [-0.4, -0.2) is 31.9 Å². The van der Waals surface area contributed by atoms with Crippen LogP contribution in [0.15, 0.2) is 15.9 Å². The minimum atomic E-state index is -2.98. The fraction of sp³-hybridized carbons (Fsp3) is 0.500. The second-order valence-corrected chi connectivity index (χ2v) is 8.11. The van der Waals surface area contributed by atoms with E-state index in [9.17, 15) is 13.2 Å². The Bertz CT molecular complexity index is 523. The average Bonchev–Trinajstić information content (AvgIpc) is 2.81. The zero-order valence-electron chi connectivity index (χ0n) is 8.98. The lowest BCUT2D eigenvalue weighted by atomic mass is 10.2. The Labute approximate surface area is 112 Å². The van der Waals surface area contributed by atoms with Crippen molar-refractivity contribution in [3.05, 3.63) is 20.8 Å². The topological polar surface area (TPSA) is 63.2 Å². The Morgan fingerprint density at radius 2 is 2.35 bits per heavy atom. The van der Waals surface area contributed by atoms with E-state index in [2.05, 4.69) is 21.2 Å². The lowest BCUT2D eigenvalue weighted by Gasteiger charge is -2.10. The molecule has 1 atom stereocenters. The number of sulfone groups is 1. The Morgan fingerprint density at radius 3 is 2.88 bits per heavy atom. The summed E-state index contributed by atoms with van der Waals surface area (Å²) >= 11 is 4.61. The largest absolute Gasteiger partial charge is 0.350 e. The molecular weight excluding hydrogens is 326 g/mol. The Kier molecular flexibility index (Phi) is 3.89. The number of halogens is 1. The van der Waals surface area contributed by atoms with E-state index in [1.54, 1.807) is 6.07 Å². The van der Waals surface area contributed by atoms with Gasteiger partial charge in [-0.05, 0) is 40.2 Å². The molecule has 94 valence electrons. The third-order valence-corrected chi connectivity index (χ3v) is 6.89. The molecule has 1 aromatic rings. The molecule has 0 aromatic carbocycles. The highest BCUT2D eigenvalue weighted by Crippen LogP contribution is 2.23. The van der Waals surface area contributed by atoms with Gasteiger partial charge in [0.15, 0.2) is 9.84 Å². The summed E-state index contributed by atoms with van der Waals surface area (Å²) in [7, 11) is -2.98. The van der Waals surface area contributed by atoms with Crippen molar-refractivity contribution in [1.29, 1.82) is 0 Å². The third-order valence-electron chi connectivity index (χ3n) is 2.78. The van der Waals surface area contributed by atoms with Crippen LogP contribution < -0.4 is 5.32 Å². The summed E-state index contributed by atoms with van der Waals surface area (Å²) in [6.07, 6.45) is 1.35. The maximum absolute atomic E-state index is 11.8. The standard InChI is InChI=1S/C10H12BrNO3S2/c11-8-3-4-16-9(8)10(13)12-6-7-2-1-5-17(7,14)15/h3-4,7H,1-2,5-6H2,(H,12,13). The summed E-state index contributed by atoms with van der Waals surface area (Å²) in [5, 5.41) is 4.08. The van der Waals surface area contributed by atoms with Crippen LogP contribution in [0.5, 0.6) is 0 Å². The quantitative estimate of drug-likeness (QED) is 0.914. The van der Waals surface area contributed by atoms with Crippen molar-refractivity contribution in [3.8, 4) is 0 Å². The molecular formula is C10H12BrNO3S2. The smallest absolute Gasteiger partial charge is 0.262 e. The predicted molar refractivity (Wildman–Crippen MR) is 71.2 cm³/mol. The number of nitrogens with one attached hydrogen (secondary N) is 1. The van der Waals surface area contributed by atoms with E-state index in [-0.39, 0.29) is 18.2 Å². The van der Waals surface area contributed by atoms with Crippen LogP contribution >= 0.6 is 27.3 Å². The van der Waals surface area contributed by atoms with Crippen molar-refractivity contribution in [3.63, 3.8) is 0 Å². The first-order valence-electron chi connectivity index (χ1n) is 5.23. The molecule has 17 heavy (non-hydrogen) atoms. The highest BCUT2D eigenvalue weighted by atomic mass is 79.9. The molecule has 0 bridgehead atoms. The number of amides is 1. The van der Waals surface area contributed by atoms with Crippen molar-refractivity contribution in [2.24, 2.45) is 0 Å². The molecule has 0 saturated carbocycles. The van der Waals surface area contributed by atoms with Crippen LogP contribution in [-0.2, 0) is 9.84 Å². The lowest BCUT2D eigenvalue weighted by Crippen LogP contribution is -2.34. The zero-order valence-corrected chi connectivity index (χ0v) is 12.2. The summed E-state index contributed by atoms with van der Waals surface area (Å²) in [6, 6.07) is 1.80. The minimum Gasteiger partial charge on any atom is -0.350 e. The molecule has 1 fully saturated rings. The van der Waals surface area contributed by atoms with Gasteiger partial charge >= 0.3 is 0 Å². The molecule has 2 rings (SSSR count). The van der Waals surface area contributed by atoms with E-state index in [1.165, 1.54) is 11.3 Å². The maximum Gasteiger partial charge on any atom is 0.262 e. The second kappa shape index (κ2) is 5.07. The minimum absolute atomic E-state index is 0.214. The Hall–Kier alpha value is -0.400. The highest BCUT2D eigenvalue weighted by Gasteiger charge is 2.31. The first-order valence-corrected chi connectivity index (χ1v) is 8.62. The molecule has 0 radical (unpaired) electrons. The number of hydrogen-bond donors (Lipinski definition) is 1.